The van der Waals surface area contributed by atoms with Crippen LogP contribution < -0.4 is 16.5 Å². The number of carbonyl (C=O) groups excluding carboxylic acids is 3. The second-order valence-corrected chi connectivity index (χ2v) is 6.30. The summed E-state index contributed by atoms with van der Waals surface area (Å²) in [6.45, 7) is 4.97. The van der Waals surface area contributed by atoms with E-state index in [0.717, 1.165) is 5.56 Å². The van der Waals surface area contributed by atoms with Crippen LogP contribution in [0.2, 0.25) is 0 Å². The van der Waals surface area contributed by atoms with E-state index in [2.05, 4.69) is 5.32 Å². The topological polar surface area (TPSA) is 131 Å². The standard InChI is InChI=1S/C16H23N3O5/c1-16(2,3)24-15(22)18-12(14(21)19-23)11(13(17)20)9-10-7-5-4-6-8-10/h4-8,11-12,23H,9H2,1-3H3,(H2,17,20)(H,18,22)(H,19,21)/t11-,12+/m1/s1. The maximum Gasteiger partial charge on any atom is 0.408 e. The molecule has 8 nitrogen and oxygen atoms in total. The predicted octanol–water partition coefficient (Wildman–Crippen LogP) is 0.729. The van der Waals surface area contributed by atoms with Gasteiger partial charge in [0.05, 0.1) is 5.92 Å². The Labute approximate surface area is 140 Å². The smallest absolute Gasteiger partial charge is 0.408 e. The molecule has 0 heterocycles. The van der Waals surface area contributed by atoms with Gasteiger partial charge >= 0.3 is 6.09 Å². The number of alkyl carbamates (subject to hydrolysis) is 1. The van der Waals surface area contributed by atoms with Crippen LogP contribution in [0.3, 0.4) is 0 Å². The highest BCUT2D eigenvalue weighted by molar-refractivity contribution is 5.91. The second kappa shape index (κ2) is 8.30. The van der Waals surface area contributed by atoms with Crippen molar-refractivity contribution in [2.24, 2.45) is 11.7 Å². The van der Waals surface area contributed by atoms with Gasteiger partial charge in [-0.3, -0.25) is 14.8 Å². The molecule has 1 aromatic carbocycles. The molecular weight excluding hydrogens is 314 g/mol. The molecular formula is C16H23N3O5. The molecule has 0 spiro atoms. The Morgan fingerprint density at radius 3 is 2.25 bits per heavy atom. The predicted molar refractivity (Wildman–Crippen MR) is 85.9 cm³/mol. The van der Waals surface area contributed by atoms with Crippen molar-refractivity contribution in [3.05, 3.63) is 35.9 Å². The highest BCUT2D eigenvalue weighted by Gasteiger charge is 2.35. The first kappa shape index (κ1) is 19.4. The number of carbonyl (C=O) groups is 3. The van der Waals surface area contributed by atoms with E-state index in [4.69, 9.17) is 15.7 Å². The van der Waals surface area contributed by atoms with Crippen LogP contribution in [0, 0.1) is 5.92 Å². The van der Waals surface area contributed by atoms with Gasteiger partial charge in [-0.05, 0) is 32.8 Å². The highest BCUT2D eigenvalue weighted by atomic mass is 16.6. The lowest BCUT2D eigenvalue weighted by atomic mass is 9.91. The molecule has 0 aliphatic carbocycles. The van der Waals surface area contributed by atoms with Crippen molar-refractivity contribution in [3.8, 4) is 0 Å². The zero-order valence-electron chi connectivity index (χ0n) is 13.9. The van der Waals surface area contributed by atoms with Crippen LogP contribution in [0.5, 0.6) is 0 Å². The molecule has 0 radical (unpaired) electrons. The molecule has 1 aromatic rings. The van der Waals surface area contributed by atoms with Crippen LogP contribution in [0.4, 0.5) is 4.79 Å². The van der Waals surface area contributed by atoms with Gasteiger partial charge in [0.1, 0.15) is 11.6 Å². The summed E-state index contributed by atoms with van der Waals surface area (Å²) < 4.78 is 5.08. The lowest BCUT2D eigenvalue weighted by molar-refractivity contribution is -0.136. The number of primary amides is 1. The fourth-order valence-electron chi connectivity index (χ4n) is 2.10. The number of hydrogen-bond acceptors (Lipinski definition) is 5. The fourth-order valence-corrected chi connectivity index (χ4v) is 2.10. The van der Waals surface area contributed by atoms with E-state index in [-0.39, 0.29) is 6.42 Å². The van der Waals surface area contributed by atoms with Crippen LogP contribution >= 0.6 is 0 Å². The van der Waals surface area contributed by atoms with E-state index < -0.39 is 35.5 Å². The van der Waals surface area contributed by atoms with Crippen molar-refractivity contribution < 1.29 is 24.3 Å². The highest BCUT2D eigenvalue weighted by Crippen LogP contribution is 2.14. The maximum atomic E-state index is 11.9. The van der Waals surface area contributed by atoms with Crippen LogP contribution in [-0.2, 0) is 20.7 Å². The Hall–Kier alpha value is -2.61. The summed E-state index contributed by atoms with van der Waals surface area (Å²) in [7, 11) is 0. The maximum absolute atomic E-state index is 11.9. The lowest BCUT2D eigenvalue weighted by Crippen LogP contribution is -2.55. The minimum atomic E-state index is -1.37. The monoisotopic (exact) mass is 337 g/mol. The Morgan fingerprint density at radius 2 is 1.79 bits per heavy atom. The molecule has 24 heavy (non-hydrogen) atoms. The zero-order valence-corrected chi connectivity index (χ0v) is 13.9. The third kappa shape index (κ3) is 6.25. The van der Waals surface area contributed by atoms with Gasteiger partial charge in [-0.1, -0.05) is 30.3 Å². The first-order valence-electron chi connectivity index (χ1n) is 7.40. The average molecular weight is 337 g/mol. The number of ether oxygens (including phenoxy) is 1. The molecule has 0 aliphatic rings. The number of hydroxylamine groups is 1. The van der Waals surface area contributed by atoms with Gasteiger partial charge in [0, 0.05) is 0 Å². The van der Waals surface area contributed by atoms with E-state index in [0.29, 0.717) is 0 Å². The molecule has 1 rings (SSSR count). The SMILES string of the molecule is CC(C)(C)OC(=O)N[C@H](C(=O)NO)[C@@H](Cc1ccccc1)C(N)=O. The Bertz CT molecular complexity index is 583. The van der Waals surface area contributed by atoms with Crippen LogP contribution in [0.1, 0.15) is 26.3 Å². The van der Waals surface area contributed by atoms with Gasteiger partial charge < -0.3 is 15.8 Å². The molecule has 0 fully saturated rings. The minimum Gasteiger partial charge on any atom is -0.444 e. The lowest BCUT2D eigenvalue weighted by Gasteiger charge is -2.26. The number of benzene rings is 1. The van der Waals surface area contributed by atoms with E-state index >= 15 is 0 Å². The molecule has 0 aromatic heterocycles. The summed E-state index contributed by atoms with van der Waals surface area (Å²) in [6.07, 6.45) is -0.778. The van der Waals surface area contributed by atoms with Gasteiger partial charge in [-0.25, -0.2) is 10.3 Å². The fraction of sp³-hybridized carbons (Fsp3) is 0.438. The Morgan fingerprint density at radius 1 is 1.21 bits per heavy atom. The van der Waals surface area contributed by atoms with Crippen molar-refractivity contribution >= 4 is 17.9 Å². The Balaban J connectivity index is 2.99. The normalized spacial score (nSPS) is 13.5. The van der Waals surface area contributed by atoms with Gasteiger partial charge in [-0.15, -0.1) is 0 Å². The molecule has 5 N–H and O–H groups in total. The summed E-state index contributed by atoms with van der Waals surface area (Å²) in [5, 5.41) is 11.2. The summed E-state index contributed by atoms with van der Waals surface area (Å²) in [6, 6.07) is 7.50. The van der Waals surface area contributed by atoms with Crippen LogP contribution in [0.25, 0.3) is 0 Å². The Kier molecular flexibility index (Phi) is 6.72. The molecule has 0 saturated heterocycles. The summed E-state index contributed by atoms with van der Waals surface area (Å²) in [4.78, 5) is 35.6. The largest absolute Gasteiger partial charge is 0.444 e. The van der Waals surface area contributed by atoms with E-state index in [9.17, 15) is 14.4 Å². The number of nitrogens with two attached hydrogens (primary N) is 1. The van der Waals surface area contributed by atoms with Crippen LogP contribution in [0.15, 0.2) is 30.3 Å². The molecule has 2 atom stereocenters. The van der Waals surface area contributed by atoms with Gasteiger partial charge in [0.15, 0.2) is 0 Å². The zero-order chi connectivity index (χ0) is 18.3. The minimum absolute atomic E-state index is 0.115. The third-order valence-electron chi connectivity index (χ3n) is 3.13. The molecule has 0 saturated carbocycles. The number of amides is 3. The van der Waals surface area contributed by atoms with Gasteiger partial charge in [0.2, 0.25) is 5.91 Å². The number of hydrogen-bond donors (Lipinski definition) is 4. The van der Waals surface area contributed by atoms with E-state index in [1.165, 1.54) is 5.48 Å². The van der Waals surface area contributed by atoms with E-state index in [1.807, 2.05) is 0 Å². The van der Waals surface area contributed by atoms with Crippen molar-refractivity contribution in [1.29, 1.82) is 0 Å². The van der Waals surface area contributed by atoms with E-state index in [1.54, 1.807) is 51.1 Å². The summed E-state index contributed by atoms with van der Waals surface area (Å²) in [5.41, 5.74) is 6.79. The number of nitrogens with one attached hydrogen (secondary N) is 2. The van der Waals surface area contributed by atoms with Crippen molar-refractivity contribution in [3.63, 3.8) is 0 Å². The van der Waals surface area contributed by atoms with Gasteiger partial charge in [-0.2, -0.15) is 0 Å². The molecule has 0 unspecified atom stereocenters. The first-order chi connectivity index (χ1) is 11.1. The summed E-state index contributed by atoms with van der Waals surface area (Å²) in [5.74, 6) is -2.81. The second-order valence-electron chi connectivity index (χ2n) is 6.30. The first-order valence-corrected chi connectivity index (χ1v) is 7.40. The average Bonchev–Trinajstić information content (AvgIpc) is 2.49. The van der Waals surface area contributed by atoms with Crippen molar-refractivity contribution in [2.75, 3.05) is 0 Å². The molecule has 0 aliphatic heterocycles. The summed E-state index contributed by atoms with van der Waals surface area (Å²) >= 11 is 0. The number of rotatable bonds is 6. The van der Waals surface area contributed by atoms with Gasteiger partial charge in [0.25, 0.3) is 5.91 Å². The molecule has 132 valence electrons. The molecule has 0 bridgehead atoms. The third-order valence-corrected chi connectivity index (χ3v) is 3.13. The van der Waals surface area contributed by atoms with Crippen LogP contribution in [-0.4, -0.2) is 34.8 Å². The molecule has 3 amide bonds. The quantitative estimate of drug-likeness (QED) is 0.449. The van der Waals surface area contributed by atoms with Crippen molar-refractivity contribution in [1.82, 2.24) is 10.8 Å². The van der Waals surface area contributed by atoms with Crippen molar-refractivity contribution in [2.45, 2.75) is 38.8 Å². The molecule has 8 heteroatoms.